The van der Waals surface area contributed by atoms with E-state index in [-0.39, 0.29) is 11.9 Å². The number of carbonyl (C=O) groups excluding carboxylic acids is 1. The van der Waals surface area contributed by atoms with Crippen LogP contribution in [-0.4, -0.2) is 28.7 Å². The normalized spacial score (nSPS) is 14.3. The molecule has 6 nitrogen and oxygen atoms in total. The topological polar surface area (TPSA) is 65.4 Å². The Labute approximate surface area is 157 Å². The van der Waals surface area contributed by atoms with Crippen LogP contribution < -0.4 is 14.8 Å². The molecule has 0 saturated carbocycles. The van der Waals surface area contributed by atoms with Crippen LogP contribution in [0.15, 0.2) is 60.9 Å². The van der Waals surface area contributed by atoms with Gasteiger partial charge in [0.15, 0.2) is 11.5 Å². The Hall–Kier alpha value is -3.28. The van der Waals surface area contributed by atoms with E-state index >= 15 is 0 Å². The molecule has 2 heterocycles. The fourth-order valence-corrected chi connectivity index (χ4v) is 3.12. The molecule has 1 atom stereocenters. The summed E-state index contributed by atoms with van der Waals surface area (Å²) in [5.41, 5.74) is 1.49. The zero-order valence-electron chi connectivity index (χ0n) is 15.1. The number of imidazole rings is 1. The van der Waals surface area contributed by atoms with Gasteiger partial charge in [-0.25, -0.2) is 4.98 Å². The number of rotatable bonds is 4. The lowest BCUT2D eigenvalue weighted by molar-refractivity contribution is 0.0940. The number of benzene rings is 2. The van der Waals surface area contributed by atoms with Crippen molar-refractivity contribution in [1.82, 2.24) is 14.9 Å². The molecule has 2 aromatic carbocycles. The molecular weight excluding hydrogens is 342 g/mol. The summed E-state index contributed by atoms with van der Waals surface area (Å²) < 4.78 is 13.2. The van der Waals surface area contributed by atoms with Crippen LogP contribution in [-0.2, 0) is 7.05 Å². The van der Waals surface area contributed by atoms with Crippen molar-refractivity contribution in [3.63, 3.8) is 0 Å². The predicted octanol–water partition coefficient (Wildman–Crippen LogP) is 3.10. The molecule has 0 fully saturated rings. The highest BCUT2D eigenvalue weighted by molar-refractivity contribution is 5.95. The van der Waals surface area contributed by atoms with Crippen molar-refractivity contribution in [3.05, 3.63) is 77.9 Å². The molecule has 0 spiro atoms. The summed E-state index contributed by atoms with van der Waals surface area (Å²) in [4.78, 5) is 17.4. The lowest BCUT2D eigenvalue weighted by Crippen LogP contribution is -2.31. The lowest BCUT2D eigenvalue weighted by Gasteiger charge is -2.19. The first-order valence-corrected chi connectivity index (χ1v) is 8.95. The standard InChI is InChI=1S/C21H21N3O3/c1-24-11-10-22-20(24)19(15-6-3-2-4-7-15)23-21(25)16-8-9-17-18(14-16)27-13-5-12-26-17/h2-4,6-11,14,19H,5,12-13H2,1H3,(H,23,25)/t19-/m0/s1. The number of hydrogen-bond donors (Lipinski definition) is 1. The average molecular weight is 363 g/mol. The van der Waals surface area contributed by atoms with E-state index in [1.165, 1.54) is 0 Å². The summed E-state index contributed by atoms with van der Waals surface area (Å²) in [5.74, 6) is 1.85. The highest BCUT2D eigenvalue weighted by atomic mass is 16.5. The van der Waals surface area contributed by atoms with Gasteiger partial charge >= 0.3 is 0 Å². The van der Waals surface area contributed by atoms with E-state index in [0.717, 1.165) is 17.8 Å². The fourth-order valence-electron chi connectivity index (χ4n) is 3.12. The van der Waals surface area contributed by atoms with Crippen molar-refractivity contribution < 1.29 is 14.3 Å². The number of aryl methyl sites for hydroxylation is 1. The Kier molecular flexibility index (Phi) is 4.78. The molecule has 1 N–H and O–H groups in total. The van der Waals surface area contributed by atoms with Gasteiger partial charge < -0.3 is 19.4 Å². The molecule has 0 bridgehead atoms. The molecule has 1 aliphatic heterocycles. The molecule has 0 radical (unpaired) electrons. The molecule has 1 aromatic heterocycles. The van der Waals surface area contributed by atoms with Gasteiger partial charge in [0.05, 0.1) is 13.2 Å². The summed E-state index contributed by atoms with van der Waals surface area (Å²) in [5, 5.41) is 3.10. The Morgan fingerprint density at radius 1 is 1.11 bits per heavy atom. The minimum Gasteiger partial charge on any atom is -0.490 e. The molecule has 1 amide bonds. The first-order valence-electron chi connectivity index (χ1n) is 8.95. The van der Waals surface area contributed by atoms with Crippen molar-refractivity contribution in [2.24, 2.45) is 7.05 Å². The predicted molar refractivity (Wildman–Crippen MR) is 101 cm³/mol. The fraction of sp³-hybridized carbons (Fsp3) is 0.238. The Morgan fingerprint density at radius 3 is 2.63 bits per heavy atom. The molecule has 0 unspecified atom stereocenters. The zero-order valence-corrected chi connectivity index (χ0v) is 15.1. The van der Waals surface area contributed by atoms with Crippen LogP contribution in [0.3, 0.4) is 0 Å². The third kappa shape index (κ3) is 3.65. The van der Waals surface area contributed by atoms with Gasteiger partial charge in [0.2, 0.25) is 0 Å². The highest BCUT2D eigenvalue weighted by Crippen LogP contribution is 2.31. The number of nitrogens with one attached hydrogen (secondary N) is 1. The molecule has 1 aliphatic rings. The number of ether oxygens (including phenoxy) is 2. The second-order valence-electron chi connectivity index (χ2n) is 6.43. The second-order valence-corrected chi connectivity index (χ2v) is 6.43. The zero-order chi connectivity index (χ0) is 18.6. The van der Waals surface area contributed by atoms with Crippen molar-refractivity contribution in [2.75, 3.05) is 13.2 Å². The quantitative estimate of drug-likeness (QED) is 0.774. The molecule has 3 aromatic rings. The minimum atomic E-state index is -0.352. The maximum absolute atomic E-state index is 13.0. The number of carbonyl (C=O) groups is 1. The maximum atomic E-state index is 13.0. The van der Waals surface area contributed by atoms with Crippen LogP contribution in [0.1, 0.15) is 34.2 Å². The van der Waals surface area contributed by atoms with Gasteiger partial charge in [-0.2, -0.15) is 0 Å². The van der Waals surface area contributed by atoms with Gasteiger partial charge in [-0.1, -0.05) is 30.3 Å². The van der Waals surface area contributed by atoms with Crippen LogP contribution >= 0.6 is 0 Å². The van der Waals surface area contributed by atoms with Crippen molar-refractivity contribution in [1.29, 1.82) is 0 Å². The average Bonchev–Trinajstić information content (AvgIpc) is 2.98. The minimum absolute atomic E-state index is 0.192. The monoisotopic (exact) mass is 363 g/mol. The van der Waals surface area contributed by atoms with Gasteiger partial charge in [0, 0.05) is 31.4 Å². The van der Waals surface area contributed by atoms with Crippen molar-refractivity contribution in [2.45, 2.75) is 12.5 Å². The van der Waals surface area contributed by atoms with Gasteiger partial charge in [0.1, 0.15) is 11.9 Å². The molecule has 27 heavy (non-hydrogen) atoms. The van der Waals surface area contributed by atoms with E-state index < -0.39 is 0 Å². The summed E-state index contributed by atoms with van der Waals surface area (Å²) >= 11 is 0. The van der Waals surface area contributed by atoms with E-state index in [9.17, 15) is 4.79 Å². The van der Waals surface area contributed by atoms with E-state index in [4.69, 9.17) is 9.47 Å². The van der Waals surface area contributed by atoms with Crippen molar-refractivity contribution >= 4 is 5.91 Å². The molecule has 0 saturated heterocycles. The second kappa shape index (κ2) is 7.53. The summed E-state index contributed by atoms with van der Waals surface area (Å²) in [7, 11) is 1.91. The van der Waals surface area contributed by atoms with Gasteiger partial charge in [-0.3, -0.25) is 4.79 Å². The van der Waals surface area contributed by atoms with Crippen LogP contribution in [0, 0.1) is 0 Å². The summed E-state index contributed by atoms with van der Waals surface area (Å²) in [6.07, 6.45) is 4.42. The van der Waals surface area contributed by atoms with E-state index in [0.29, 0.717) is 30.3 Å². The Morgan fingerprint density at radius 2 is 1.89 bits per heavy atom. The Balaban J connectivity index is 1.63. The Bertz CT molecular complexity index is 937. The van der Waals surface area contributed by atoms with Gasteiger partial charge in [-0.15, -0.1) is 0 Å². The van der Waals surface area contributed by atoms with Gasteiger partial charge in [0.25, 0.3) is 5.91 Å². The van der Waals surface area contributed by atoms with E-state index in [1.54, 1.807) is 24.4 Å². The van der Waals surface area contributed by atoms with E-state index in [2.05, 4.69) is 10.3 Å². The number of fused-ring (bicyclic) bond motifs is 1. The van der Waals surface area contributed by atoms with E-state index in [1.807, 2.05) is 48.1 Å². The molecule has 6 heteroatoms. The summed E-state index contributed by atoms with van der Waals surface area (Å²) in [6, 6.07) is 14.7. The third-order valence-electron chi connectivity index (χ3n) is 4.53. The lowest BCUT2D eigenvalue weighted by atomic mass is 10.1. The first kappa shape index (κ1) is 17.1. The van der Waals surface area contributed by atoms with Crippen LogP contribution in [0.25, 0.3) is 0 Å². The molecular formula is C21H21N3O3. The maximum Gasteiger partial charge on any atom is 0.252 e. The van der Waals surface area contributed by atoms with Crippen LogP contribution in [0.2, 0.25) is 0 Å². The number of hydrogen-bond acceptors (Lipinski definition) is 4. The summed E-state index contributed by atoms with van der Waals surface area (Å²) in [6.45, 7) is 1.20. The largest absolute Gasteiger partial charge is 0.490 e. The smallest absolute Gasteiger partial charge is 0.252 e. The third-order valence-corrected chi connectivity index (χ3v) is 4.53. The van der Waals surface area contributed by atoms with Crippen molar-refractivity contribution in [3.8, 4) is 11.5 Å². The number of amides is 1. The van der Waals surface area contributed by atoms with Gasteiger partial charge in [-0.05, 0) is 23.8 Å². The molecule has 0 aliphatic carbocycles. The number of nitrogens with zero attached hydrogens (tertiary/aromatic N) is 2. The highest BCUT2D eigenvalue weighted by Gasteiger charge is 2.22. The number of aromatic nitrogens is 2. The first-order chi connectivity index (χ1) is 13.2. The SMILES string of the molecule is Cn1ccnc1[C@@H](NC(=O)c1ccc2c(c1)OCCCO2)c1ccccc1. The molecule has 138 valence electrons. The molecule has 4 rings (SSSR count). The van der Waals surface area contributed by atoms with Crippen LogP contribution in [0.4, 0.5) is 0 Å². The van der Waals surface area contributed by atoms with Crippen LogP contribution in [0.5, 0.6) is 11.5 Å².